The fraction of sp³-hybridized carbons (Fsp3) is 0.375. The van der Waals surface area contributed by atoms with Gasteiger partial charge in [-0.1, -0.05) is 24.3 Å². The summed E-state index contributed by atoms with van der Waals surface area (Å²) in [7, 11) is 0. The number of hydrogen-bond acceptors (Lipinski definition) is 3. The summed E-state index contributed by atoms with van der Waals surface area (Å²) < 4.78 is 18.8. The molecule has 0 aliphatic heterocycles. The standard InChI is InChI=1S/C16H19FN2O2/c1-16(2,3)21-15(20)19-10-4-5-13-7-6-12(8-9-18)11-14(13)17/h4-7,11H,8,10H2,1-3H3,(H,19,20). The minimum absolute atomic E-state index is 0.182. The van der Waals surface area contributed by atoms with Crippen molar-refractivity contribution in [2.24, 2.45) is 0 Å². The van der Waals surface area contributed by atoms with Gasteiger partial charge >= 0.3 is 6.09 Å². The average Bonchev–Trinajstić information content (AvgIpc) is 2.35. The van der Waals surface area contributed by atoms with E-state index < -0.39 is 17.5 Å². The molecule has 0 radical (unpaired) electrons. The maximum atomic E-state index is 13.7. The van der Waals surface area contributed by atoms with Crippen molar-refractivity contribution in [1.29, 1.82) is 5.26 Å². The fourth-order valence-corrected chi connectivity index (χ4v) is 1.55. The summed E-state index contributed by atoms with van der Waals surface area (Å²) in [5.41, 5.74) is 0.498. The van der Waals surface area contributed by atoms with E-state index in [1.165, 1.54) is 6.07 Å². The molecule has 1 aromatic rings. The van der Waals surface area contributed by atoms with Gasteiger partial charge in [-0.2, -0.15) is 5.26 Å². The molecule has 1 aromatic carbocycles. The molecule has 0 aliphatic rings. The van der Waals surface area contributed by atoms with Crippen LogP contribution in [0.15, 0.2) is 24.3 Å². The van der Waals surface area contributed by atoms with E-state index in [4.69, 9.17) is 10.00 Å². The summed E-state index contributed by atoms with van der Waals surface area (Å²) in [5.74, 6) is -0.392. The highest BCUT2D eigenvalue weighted by Crippen LogP contribution is 2.12. The van der Waals surface area contributed by atoms with Crippen molar-refractivity contribution in [3.8, 4) is 6.07 Å². The Balaban J connectivity index is 2.51. The quantitative estimate of drug-likeness (QED) is 0.924. The number of nitrogens with one attached hydrogen (secondary N) is 1. The number of nitriles is 1. The van der Waals surface area contributed by atoms with Gasteiger partial charge in [0.05, 0.1) is 12.5 Å². The number of rotatable bonds is 4. The van der Waals surface area contributed by atoms with Gasteiger partial charge in [0.1, 0.15) is 11.4 Å². The van der Waals surface area contributed by atoms with Gasteiger partial charge in [0.15, 0.2) is 0 Å². The first kappa shape index (κ1) is 16.7. The normalized spacial score (nSPS) is 11.2. The number of carbonyl (C=O) groups is 1. The summed E-state index contributed by atoms with van der Waals surface area (Å²) in [6.45, 7) is 5.58. The van der Waals surface area contributed by atoms with Crippen molar-refractivity contribution >= 4 is 12.2 Å². The first-order valence-electron chi connectivity index (χ1n) is 6.60. The van der Waals surface area contributed by atoms with Gasteiger partial charge < -0.3 is 10.1 Å². The van der Waals surface area contributed by atoms with E-state index in [1.807, 2.05) is 6.07 Å². The number of nitrogens with zero attached hydrogens (tertiary/aromatic N) is 1. The molecule has 0 atom stereocenters. The minimum Gasteiger partial charge on any atom is -0.444 e. The summed E-state index contributed by atoms with van der Waals surface area (Å²) in [6.07, 6.45) is 2.87. The molecule has 112 valence electrons. The van der Waals surface area contributed by atoms with E-state index in [0.29, 0.717) is 11.1 Å². The third-order valence-electron chi connectivity index (χ3n) is 2.41. The number of halogens is 1. The maximum absolute atomic E-state index is 13.7. The molecule has 0 bridgehead atoms. The predicted octanol–water partition coefficient (Wildman–Crippen LogP) is 3.43. The van der Waals surface area contributed by atoms with Crippen molar-refractivity contribution in [3.05, 3.63) is 41.2 Å². The van der Waals surface area contributed by atoms with E-state index in [2.05, 4.69) is 5.32 Å². The van der Waals surface area contributed by atoms with Crippen molar-refractivity contribution in [3.63, 3.8) is 0 Å². The summed E-state index contributed by atoms with van der Waals surface area (Å²) in [6, 6.07) is 6.61. The van der Waals surface area contributed by atoms with Gasteiger partial charge in [-0.3, -0.25) is 0 Å². The van der Waals surface area contributed by atoms with E-state index in [1.54, 1.807) is 45.1 Å². The molecule has 0 saturated heterocycles. The van der Waals surface area contributed by atoms with Crippen LogP contribution in [0.3, 0.4) is 0 Å². The molecule has 0 fully saturated rings. The topological polar surface area (TPSA) is 62.1 Å². The van der Waals surface area contributed by atoms with Crippen LogP contribution >= 0.6 is 0 Å². The van der Waals surface area contributed by atoms with Gasteiger partial charge in [0.2, 0.25) is 0 Å². The Hall–Kier alpha value is -2.35. The molecule has 0 aliphatic carbocycles. The largest absolute Gasteiger partial charge is 0.444 e. The molecule has 0 heterocycles. The molecular formula is C16H19FN2O2. The molecule has 5 heteroatoms. The summed E-state index contributed by atoms with van der Waals surface area (Å²) >= 11 is 0. The average molecular weight is 290 g/mol. The van der Waals surface area contributed by atoms with Gasteiger partial charge in [-0.15, -0.1) is 0 Å². The Morgan fingerprint density at radius 1 is 1.48 bits per heavy atom. The van der Waals surface area contributed by atoms with Crippen LogP contribution < -0.4 is 5.32 Å². The number of alkyl carbamates (subject to hydrolysis) is 1. The smallest absolute Gasteiger partial charge is 0.407 e. The predicted molar refractivity (Wildman–Crippen MR) is 79.0 cm³/mol. The second kappa shape index (κ2) is 7.44. The van der Waals surface area contributed by atoms with Crippen molar-refractivity contribution in [1.82, 2.24) is 5.32 Å². The van der Waals surface area contributed by atoms with Crippen LogP contribution in [0.5, 0.6) is 0 Å². The summed E-state index contributed by atoms with van der Waals surface area (Å²) in [4.78, 5) is 11.4. The lowest BCUT2D eigenvalue weighted by Crippen LogP contribution is -2.32. The van der Waals surface area contributed by atoms with Crippen LogP contribution in [0, 0.1) is 17.1 Å². The van der Waals surface area contributed by atoms with E-state index in [9.17, 15) is 9.18 Å². The van der Waals surface area contributed by atoms with Gasteiger partial charge in [0, 0.05) is 12.1 Å². The van der Waals surface area contributed by atoms with Crippen molar-refractivity contribution in [2.75, 3.05) is 6.54 Å². The molecule has 1 N–H and O–H groups in total. The molecule has 21 heavy (non-hydrogen) atoms. The second-order valence-corrected chi connectivity index (χ2v) is 5.48. The van der Waals surface area contributed by atoms with Crippen LogP contribution in [0.2, 0.25) is 0 Å². The van der Waals surface area contributed by atoms with E-state index in [0.717, 1.165) is 0 Å². The first-order valence-corrected chi connectivity index (χ1v) is 6.60. The second-order valence-electron chi connectivity index (χ2n) is 5.48. The zero-order valence-electron chi connectivity index (χ0n) is 12.4. The fourth-order valence-electron chi connectivity index (χ4n) is 1.55. The van der Waals surface area contributed by atoms with Gasteiger partial charge in [0.25, 0.3) is 0 Å². The maximum Gasteiger partial charge on any atom is 0.407 e. The Labute approximate surface area is 124 Å². The molecule has 1 amide bonds. The van der Waals surface area contributed by atoms with Crippen LogP contribution in [-0.4, -0.2) is 18.2 Å². The van der Waals surface area contributed by atoms with E-state index in [-0.39, 0.29) is 13.0 Å². The van der Waals surface area contributed by atoms with Crippen LogP contribution in [0.4, 0.5) is 9.18 Å². The third kappa shape index (κ3) is 6.57. The SMILES string of the molecule is CC(C)(C)OC(=O)NCC=Cc1ccc(CC#N)cc1F. The lowest BCUT2D eigenvalue weighted by atomic mass is 10.1. The number of hydrogen-bond donors (Lipinski definition) is 1. The molecule has 0 spiro atoms. The zero-order chi connectivity index (χ0) is 15.9. The summed E-state index contributed by atoms with van der Waals surface area (Å²) in [5, 5.41) is 11.1. The molecular weight excluding hydrogens is 271 g/mol. The lowest BCUT2D eigenvalue weighted by molar-refractivity contribution is 0.0534. The first-order chi connectivity index (χ1) is 9.81. The molecule has 0 aromatic heterocycles. The number of ether oxygens (including phenoxy) is 1. The Morgan fingerprint density at radius 3 is 2.76 bits per heavy atom. The van der Waals surface area contributed by atoms with Gasteiger partial charge in [-0.25, -0.2) is 9.18 Å². The number of carbonyl (C=O) groups excluding carboxylic acids is 1. The molecule has 0 unspecified atom stereocenters. The Bertz CT molecular complexity index is 569. The zero-order valence-corrected chi connectivity index (χ0v) is 12.4. The molecule has 1 rings (SSSR count). The van der Waals surface area contributed by atoms with E-state index >= 15 is 0 Å². The van der Waals surface area contributed by atoms with Gasteiger partial charge in [-0.05, 0) is 32.4 Å². The van der Waals surface area contributed by atoms with Crippen LogP contribution in [-0.2, 0) is 11.2 Å². The minimum atomic E-state index is -0.545. The lowest BCUT2D eigenvalue weighted by Gasteiger charge is -2.19. The molecule has 0 saturated carbocycles. The third-order valence-corrected chi connectivity index (χ3v) is 2.41. The molecule has 4 nitrogen and oxygen atoms in total. The Morgan fingerprint density at radius 2 is 2.19 bits per heavy atom. The number of amides is 1. The highest BCUT2D eigenvalue weighted by molar-refractivity contribution is 5.68. The number of benzene rings is 1. The Kier molecular flexibility index (Phi) is 5.92. The monoisotopic (exact) mass is 290 g/mol. The highest BCUT2D eigenvalue weighted by Gasteiger charge is 2.14. The van der Waals surface area contributed by atoms with Crippen LogP contribution in [0.25, 0.3) is 6.08 Å². The van der Waals surface area contributed by atoms with Crippen molar-refractivity contribution in [2.45, 2.75) is 32.8 Å². The highest BCUT2D eigenvalue weighted by atomic mass is 19.1. The van der Waals surface area contributed by atoms with Crippen LogP contribution in [0.1, 0.15) is 31.9 Å². The van der Waals surface area contributed by atoms with Crippen molar-refractivity contribution < 1.29 is 13.9 Å².